The molecule has 0 atom stereocenters. The van der Waals surface area contributed by atoms with Gasteiger partial charge in [0, 0.05) is 21.6 Å². The third-order valence-corrected chi connectivity index (χ3v) is 4.21. The van der Waals surface area contributed by atoms with E-state index in [-0.39, 0.29) is 0 Å². The molecule has 0 aliphatic rings. The van der Waals surface area contributed by atoms with E-state index in [2.05, 4.69) is 37.0 Å². The highest BCUT2D eigenvalue weighted by Crippen LogP contribution is 2.37. The van der Waals surface area contributed by atoms with E-state index in [9.17, 15) is 0 Å². The molecule has 0 saturated heterocycles. The molecule has 0 amide bonds. The molecule has 5 heteroatoms. The summed E-state index contributed by atoms with van der Waals surface area (Å²) >= 11 is 7.04. The lowest BCUT2D eigenvalue weighted by molar-refractivity contribution is 0.782. The van der Waals surface area contributed by atoms with Crippen molar-refractivity contribution >= 4 is 37.7 Å². The van der Waals surface area contributed by atoms with Crippen molar-refractivity contribution in [2.75, 3.05) is 5.73 Å². The van der Waals surface area contributed by atoms with Gasteiger partial charge in [0.15, 0.2) is 0 Å². The minimum Gasteiger partial charge on any atom is -0.383 e. The Hall–Kier alpha value is -1.59. The van der Waals surface area contributed by atoms with Gasteiger partial charge in [-0.3, -0.25) is 4.68 Å². The van der Waals surface area contributed by atoms with Gasteiger partial charge >= 0.3 is 0 Å². The second-order valence-electron chi connectivity index (χ2n) is 4.76. The molecule has 0 bridgehead atoms. The highest BCUT2D eigenvalue weighted by molar-refractivity contribution is 9.11. The Kier molecular flexibility index (Phi) is 3.87. The third-order valence-electron chi connectivity index (χ3n) is 3.29. The molecule has 2 N–H and O–H groups in total. The molecule has 1 aromatic heterocycles. The Morgan fingerprint density at radius 1 is 0.952 bits per heavy atom. The summed E-state index contributed by atoms with van der Waals surface area (Å²) in [5, 5.41) is 4.59. The van der Waals surface area contributed by atoms with Gasteiger partial charge in [-0.1, -0.05) is 62.2 Å². The molecule has 0 spiro atoms. The smallest absolute Gasteiger partial charge is 0.129 e. The molecule has 0 unspecified atom stereocenters. The molecule has 1 heterocycles. The molecule has 0 saturated carbocycles. The fourth-order valence-electron chi connectivity index (χ4n) is 2.32. The Morgan fingerprint density at radius 2 is 1.57 bits per heavy atom. The number of benzene rings is 2. The number of nitrogens with two attached hydrogens (primary N) is 1. The first-order valence-electron chi connectivity index (χ1n) is 6.40. The molecule has 3 aromatic rings. The summed E-state index contributed by atoms with van der Waals surface area (Å²) in [7, 11) is 1.86. The first-order valence-corrected chi connectivity index (χ1v) is 7.99. The maximum Gasteiger partial charge on any atom is 0.129 e. The van der Waals surface area contributed by atoms with E-state index in [0.717, 1.165) is 31.3 Å². The molecule has 0 aliphatic carbocycles. The van der Waals surface area contributed by atoms with E-state index >= 15 is 0 Å². The fourth-order valence-corrected chi connectivity index (χ4v) is 3.61. The van der Waals surface area contributed by atoms with Crippen molar-refractivity contribution < 1.29 is 0 Å². The van der Waals surface area contributed by atoms with Crippen LogP contribution in [-0.2, 0) is 7.05 Å². The molecular weight excluding hydrogens is 394 g/mol. The van der Waals surface area contributed by atoms with Crippen LogP contribution in [0.2, 0.25) is 0 Å². The zero-order chi connectivity index (χ0) is 15.0. The number of hydrogen-bond donors (Lipinski definition) is 1. The fraction of sp³-hybridized carbons (Fsp3) is 0.0625. The summed E-state index contributed by atoms with van der Waals surface area (Å²) in [4.78, 5) is 0. The minimum absolute atomic E-state index is 0.660. The summed E-state index contributed by atoms with van der Waals surface area (Å²) in [6.07, 6.45) is 0. The van der Waals surface area contributed by atoms with Gasteiger partial charge in [-0.25, -0.2) is 0 Å². The zero-order valence-corrected chi connectivity index (χ0v) is 14.5. The lowest BCUT2D eigenvalue weighted by atomic mass is 10.0. The number of aromatic nitrogens is 2. The molecule has 0 aliphatic heterocycles. The highest BCUT2D eigenvalue weighted by atomic mass is 79.9. The van der Waals surface area contributed by atoms with Gasteiger partial charge < -0.3 is 5.73 Å². The lowest BCUT2D eigenvalue weighted by Crippen LogP contribution is -1.97. The van der Waals surface area contributed by atoms with Gasteiger partial charge in [0.05, 0.1) is 5.56 Å². The predicted molar refractivity (Wildman–Crippen MR) is 93.9 cm³/mol. The van der Waals surface area contributed by atoms with Gasteiger partial charge in [0.1, 0.15) is 11.5 Å². The van der Waals surface area contributed by atoms with Crippen LogP contribution in [0.25, 0.3) is 22.4 Å². The van der Waals surface area contributed by atoms with E-state index in [4.69, 9.17) is 5.73 Å². The van der Waals surface area contributed by atoms with Crippen LogP contribution in [0.1, 0.15) is 0 Å². The van der Waals surface area contributed by atoms with Crippen LogP contribution >= 0.6 is 31.9 Å². The van der Waals surface area contributed by atoms with Crippen LogP contribution < -0.4 is 5.73 Å². The summed E-state index contributed by atoms with van der Waals surface area (Å²) in [6.45, 7) is 0. The number of anilines is 1. The normalized spacial score (nSPS) is 10.8. The van der Waals surface area contributed by atoms with Crippen LogP contribution in [0.15, 0.2) is 57.5 Å². The first-order chi connectivity index (χ1) is 10.1. The molecule has 106 valence electrons. The zero-order valence-electron chi connectivity index (χ0n) is 11.3. The van der Waals surface area contributed by atoms with Crippen molar-refractivity contribution in [1.82, 2.24) is 9.78 Å². The second kappa shape index (κ2) is 5.66. The van der Waals surface area contributed by atoms with Gasteiger partial charge in [0.25, 0.3) is 0 Å². The quantitative estimate of drug-likeness (QED) is 0.660. The standard InChI is InChI=1S/C16H13Br2N3/c1-21-16(19)14(10-5-3-2-4-6-10)15(20-21)11-7-12(17)9-13(18)8-11/h2-9H,19H2,1H3. The molecule has 0 fully saturated rings. The van der Waals surface area contributed by atoms with Crippen molar-refractivity contribution in [2.24, 2.45) is 7.05 Å². The summed E-state index contributed by atoms with van der Waals surface area (Å²) in [6, 6.07) is 16.2. The summed E-state index contributed by atoms with van der Waals surface area (Å²) in [5.74, 6) is 0.660. The Bertz CT molecular complexity index is 775. The van der Waals surface area contributed by atoms with E-state index in [1.807, 2.05) is 55.6 Å². The Balaban J connectivity index is 2.26. The van der Waals surface area contributed by atoms with Crippen LogP contribution in [0, 0.1) is 0 Å². The topological polar surface area (TPSA) is 43.8 Å². The summed E-state index contributed by atoms with van der Waals surface area (Å²) < 4.78 is 3.71. The van der Waals surface area contributed by atoms with Crippen molar-refractivity contribution in [2.45, 2.75) is 0 Å². The van der Waals surface area contributed by atoms with Gasteiger partial charge in [-0.15, -0.1) is 0 Å². The van der Waals surface area contributed by atoms with Gasteiger partial charge in [-0.2, -0.15) is 5.10 Å². The van der Waals surface area contributed by atoms with Crippen molar-refractivity contribution in [3.63, 3.8) is 0 Å². The second-order valence-corrected chi connectivity index (χ2v) is 6.59. The van der Waals surface area contributed by atoms with E-state index < -0.39 is 0 Å². The largest absolute Gasteiger partial charge is 0.383 e. The number of halogens is 2. The molecule has 0 radical (unpaired) electrons. The van der Waals surface area contributed by atoms with Crippen molar-refractivity contribution in [3.8, 4) is 22.4 Å². The lowest BCUT2D eigenvalue weighted by Gasteiger charge is -2.05. The Labute approximate surface area is 140 Å². The SMILES string of the molecule is Cn1nc(-c2cc(Br)cc(Br)c2)c(-c2ccccc2)c1N. The predicted octanol–water partition coefficient (Wildman–Crippen LogP) is 4.86. The number of nitrogens with zero attached hydrogens (tertiary/aromatic N) is 2. The Morgan fingerprint density at radius 3 is 2.19 bits per heavy atom. The first kappa shape index (κ1) is 14.4. The molecule has 3 nitrogen and oxygen atoms in total. The van der Waals surface area contributed by atoms with Crippen LogP contribution in [0.4, 0.5) is 5.82 Å². The van der Waals surface area contributed by atoms with Crippen LogP contribution in [0.3, 0.4) is 0 Å². The van der Waals surface area contributed by atoms with Crippen LogP contribution in [0.5, 0.6) is 0 Å². The van der Waals surface area contributed by atoms with E-state index in [1.165, 1.54) is 0 Å². The third kappa shape index (κ3) is 2.76. The van der Waals surface area contributed by atoms with Crippen molar-refractivity contribution in [3.05, 3.63) is 57.5 Å². The average Bonchev–Trinajstić information content (AvgIpc) is 2.75. The number of nitrogen functional groups attached to an aromatic ring is 1. The average molecular weight is 407 g/mol. The van der Waals surface area contributed by atoms with E-state index in [1.54, 1.807) is 4.68 Å². The van der Waals surface area contributed by atoms with E-state index in [0.29, 0.717) is 5.82 Å². The minimum atomic E-state index is 0.660. The molecule has 21 heavy (non-hydrogen) atoms. The monoisotopic (exact) mass is 405 g/mol. The summed E-state index contributed by atoms with van der Waals surface area (Å²) in [5.41, 5.74) is 10.1. The maximum atomic E-state index is 6.23. The maximum absolute atomic E-state index is 6.23. The highest BCUT2D eigenvalue weighted by Gasteiger charge is 2.17. The molecule has 2 aromatic carbocycles. The van der Waals surface area contributed by atoms with Gasteiger partial charge in [0.2, 0.25) is 0 Å². The van der Waals surface area contributed by atoms with Gasteiger partial charge in [-0.05, 0) is 23.8 Å². The molecular formula is C16H13Br2N3. The number of hydrogen-bond acceptors (Lipinski definition) is 2. The molecule has 3 rings (SSSR count). The number of rotatable bonds is 2. The van der Waals surface area contributed by atoms with Crippen molar-refractivity contribution in [1.29, 1.82) is 0 Å². The number of aryl methyl sites for hydroxylation is 1. The van der Waals surface area contributed by atoms with Crippen LogP contribution in [-0.4, -0.2) is 9.78 Å².